The molecule has 2 heteroatoms. The molecule has 11 heavy (non-hydrogen) atoms. The molecule has 1 aromatic rings. The number of hydrogen-bond donors (Lipinski definition) is 1. The van der Waals surface area contributed by atoms with Crippen molar-refractivity contribution in [2.24, 2.45) is 0 Å². The first-order chi connectivity index (χ1) is 5.43. The SMILES string of the molecule is CCCONc1ccccc1. The first-order valence-electron chi connectivity index (χ1n) is 3.86. The summed E-state index contributed by atoms with van der Waals surface area (Å²) in [7, 11) is 0. The Balaban J connectivity index is 2.28. The maximum atomic E-state index is 5.12. The van der Waals surface area contributed by atoms with Crippen LogP contribution in [0, 0.1) is 0 Å². The number of nitrogens with one attached hydrogen (secondary N) is 1. The number of para-hydroxylation sites is 1. The standard InChI is InChI=1S/C9H13NO/c1-2-8-11-10-9-6-4-3-5-7-9/h3-7,10H,2,8H2,1H3. The molecular formula is C9H13NO. The molecule has 0 saturated heterocycles. The highest BCUT2D eigenvalue weighted by atomic mass is 16.6. The van der Waals surface area contributed by atoms with Crippen molar-refractivity contribution in [1.82, 2.24) is 0 Å². The van der Waals surface area contributed by atoms with Gasteiger partial charge >= 0.3 is 0 Å². The Bertz CT molecular complexity index is 186. The third kappa shape index (κ3) is 3.05. The Morgan fingerprint density at radius 1 is 1.27 bits per heavy atom. The van der Waals surface area contributed by atoms with Gasteiger partial charge in [-0.15, -0.1) is 0 Å². The number of anilines is 1. The van der Waals surface area contributed by atoms with Gasteiger partial charge in [0.2, 0.25) is 0 Å². The highest BCUT2D eigenvalue weighted by Crippen LogP contribution is 2.04. The topological polar surface area (TPSA) is 21.3 Å². The molecule has 0 heterocycles. The van der Waals surface area contributed by atoms with Crippen LogP contribution >= 0.6 is 0 Å². The van der Waals surface area contributed by atoms with Crippen molar-refractivity contribution in [2.75, 3.05) is 12.1 Å². The number of benzene rings is 1. The fourth-order valence-corrected chi connectivity index (χ4v) is 0.743. The normalized spacial score (nSPS) is 9.55. The first-order valence-corrected chi connectivity index (χ1v) is 3.86. The fourth-order valence-electron chi connectivity index (χ4n) is 0.743. The highest BCUT2D eigenvalue weighted by molar-refractivity contribution is 5.39. The summed E-state index contributed by atoms with van der Waals surface area (Å²) in [6, 6.07) is 9.85. The predicted molar refractivity (Wildman–Crippen MR) is 46.3 cm³/mol. The smallest absolute Gasteiger partial charge is 0.0743 e. The van der Waals surface area contributed by atoms with E-state index in [-0.39, 0.29) is 0 Å². The second kappa shape index (κ2) is 4.74. The summed E-state index contributed by atoms with van der Waals surface area (Å²) in [6.07, 6.45) is 1.03. The van der Waals surface area contributed by atoms with Gasteiger partial charge in [0.15, 0.2) is 0 Å². The minimum atomic E-state index is 0.745. The van der Waals surface area contributed by atoms with Gasteiger partial charge in [0.25, 0.3) is 0 Å². The molecule has 0 aliphatic carbocycles. The summed E-state index contributed by atoms with van der Waals surface area (Å²) >= 11 is 0. The Hall–Kier alpha value is -1.02. The van der Waals surface area contributed by atoms with E-state index in [2.05, 4.69) is 12.4 Å². The molecule has 60 valence electrons. The Morgan fingerprint density at radius 2 is 2.00 bits per heavy atom. The van der Waals surface area contributed by atoms with E-state index in [4.69, 9.17) is 4.84 Å². The summed E-state index contributed by atoms with van der Waals surface area (Å²) in [5.41, 5.74) is 3.85. The zero-order valence-electron chi connectivity index (χ0n) is 6.71. The van der Waals surface area contributed by atoms with E-state index in [0.717, 1.165) is 18.7 Å². The van der Waals surface area contributed by atoms with Crippen molar-refractivity contribution in [3.63, 3.8) is 0 Å². The quantitative estimate of drug-likeness (QED) is 0.527. The third-order valence-corrected chi connectivity index (χ3v) is 1.27. The molecule has 0 aliphatic heterocycles. The summed E-state index contributed by atoms with van der Waals surface area (Å²) in [6.45, 7) is 2.82. The molecule has 0 saturated carbocycles. The molecule has 0 radical (unpaired) electrons. The van der Waals surface area contributed by atoms with Crippen molar-refractivity contribution in [1.29, 1.82) is 0 Å². The maximum Gasteiger partial charge on any atom is 0.0743 e. The third-order valence-electron chi connectivity index (χ3n) is 1.27. The average molecular weight is 151 g/mol. The lowest BCUT2D eigenvalue weighted by Gasteiger charge is -2.04. The summed E-state index contributed by atoms with van der Waals surface area (Å²) in [5, 5.41) is 0. The Kier molecular flexibility index (Phi) is 3.48. The zero-order valence-corrected chi connectivity index (χ0v) is 6.71. The molecule has 0 aromatic heterocycles. The van der Waals surface area contributed by atoms with Gasteiger partial charge in [-0.3, -0.25) is 10.3 Å². The Labute approximate surface area is 67.1 Å². The summed E-state index contributed by atoms with van der Waals surface area (Å²) < 4.78 is 0. The lowest BCUT2D eigenvalue weighted by molar-refractivity contribution is 0.194. The second-order valence-corrected chi connectivity index (χ2v) is 2.32. The van der Waals surface area contributed by atoms with Gasteiger partial charge in [-0.1, -0.05) is 25.1 Å². The van der Waals surface area contributed by atoms with E-state index in [9.17, 15) is 0 Å². The largest absolute Gasteiger partial charge is 0.276 e. The molecule has 2 nitrogen and oxygen atoms in total. The lowest BCUT2D eigenvalue weighted by Crippen LogP contribution is -2.01. The minimum absolute atomic E-state index is 0.745. The van der Waals surface area contributed by atoms with E-state index in [1.165, 1.54) is 0 Å². The molecule has 0 fully saturated rings. The molecule has 1 N–H and O–H groups in total. The lowest BCUT2D eigenvalue weighted by atomic mass is 10.3. The van der Waals surface area contributed by atoms with E-state index < -0.39 is 0 Å². The van der Waals surface area contributed by atoms with Gasteiger partial charge in [-0.05, 0) is 18.6 Å². The Morgan fingerprint density at radius 3 is 2.64 bits per heavy atom. The highest BCUT2D eigenvalue weighted by Gasteiger charge is 1.86. The maximum absolute atomic E-state index is 5.12. The van der Waals surface area contributed by atoms with Crippen LogP contribution in [-0.2, 0) is 4.84 Å². The van der Waals surface area contributed by atoms with Gasteiger partial charge < -0.3 is 0 Å². The number of hydrogen-bond acceptors (Lipinski definition) is 2. The van der Waals surface area contributed by atoms with Crippen molar-refractivity contribution < 1.29 is 4.84 Å². The zero-order chi connectivity index (χ0) is 7.94. The average Bonchev–Trinajstić information content (AvgIpc) is 2.07. The van der Waals surface area contributed by atoms with Crippen LogP contribution in [0.1, 0.15) is 13.3 Å². The van der Waals surface area contributed by atoms with Crippen molar-refractivity contribution in [2.45, 2.75) is 13.3 Å². The van der Waals surface area contributed by atoms with Gasteiger partial charge in [0.1, 0.15) is 0 Å². The molecule has 0 unspecified atom stereocenters. The van der Waals surface area contributed by atoms with E-state index in [1.807, 2.05) is 30.3 Å². The van der Waals surface area contributed by atoms with Crippen LogP contribution in [0.15, 0.2) is 30.3 Å². The molecule has 0 aliphatic rings. The van der Waals surface area contributed by atoms with Crippen LogP contribution in [0.2, 0.25) is 0 Å². The fraction of sp³-hybridized carbons (Fsp3) is 0.333. The summed E-state index contributed by atoms with van der Waals surface area (Å²) in [5.74, 6) is 0. The molecule has 0 spiro atoms. The van der Waals surface area contributed by atoms with Gasteiger partial charge in [0, 0.05) is 0 Å². The van der Waals surface area contributed by atoms with Gasteiger partial charge in [0.05, 0.1) is 12.3 Å². The van der Waals surface area contributed by atoms with Crippen molar-refractivity contribution in [3.05, 3.63) is 30.3 Å². The number of rotatable bonds is 4. The molecular weight excluding hydrogens is 138 g/mol. The van der Waals surface area contributed by atoms with Crippen LogP contribution in [0.4, 0.5) is 5.69 Å². The van der Waals surface area contributed by atoms with Gasteiger partial charge in [-0.2, -0.15) is 0 Å². The van der Waals surface area contributed by atoms with E-state index in [0.29, 0.717) is 0 Å². The molecule has 0 amide bonds. The summed E-state index contributed by atoms with van der Waals surface area (Å²) in [4.78, 5) is 5.12. The van der Waals surface area contributed by atoms with Crippen LogP contribution in [0.5, 0.6) is 0 Å². The first kappa shape index (κ1) is 8.08. The monoisotopic (exact) mass is 151 g/mol. The molecule has 1 aromatic carbocycles. The molecule has 0 bridgehead atoms. The van der Waals surface area contributed by atoms with Crippen LogP contribution in [0.25, 0.3) is 0 Å². The molecule has 0 atom stereocenters. The van der Waals surface area contributed by atoms with E-state index >= 15 is 0 Å². The van der Waals surface area contributed by atoms with Crippen molar-refractivity contribution in [3.8, 4) is 0 Å². The van der Waals surface area contributed by atoms with E-state index in [1.54, 1.807) is 0 Å². The van der Waals surface area contributed by atoms with Crippen LogP contribution in [0.3, 0.4) is 0 Å². The van der Waals surface area contributed by atoms with Crippen molar-refractivity contribution >= 4 is 5.69 Å². The minimum Gasteiger partial charge on any atom is -0.276 e. The second-order valence-electron chi connectivity index (χ2n) is 2.32. The van der Waals surface area contributed by atoms with Gasteiger partial charge in [-0.25, -0.2) is 0 Å². The van der Waals surface area contributed by atoms with Crippen LogP contribution < -0.4 is 5.48 Å². The predicted octanol–water partition coefficient (Wildman–Crippen LogP) is 2.44. The van der Waals surface area contributed by atoms with Crippen LogP contribution in [-0.4, -0.2) is 6.61 Å². The molecule has 1 rings (SSSR count).